The molecule has 1 heterocycles. The van der Waals surface area contributed by atoms with Crippen molar-refractivity contribution >= 4 is 29.1 Å². The fourth-order valence-corrected chi connectivity index (χ4v) is 4.54. The number of benzene rings is 3. The first-order chi connectivity index (χ1) is 16.1. The van der Waals surface area contributed by atoms with Crippen LogP contribution in [-0.4, -0.2) is 18.4 Å². The number of carbonyl (C=O) groups excluding carboxylic acids is 2. The predicted molar refractivity (Wildman–Crippen MR) is 130 cm³/mol. The molecule has 1 aliphatic heterocycles. The molecular weight excluding hydrogens is 434 g/mol. The summed E-state index contributed by atoms with van der Waals surface area (Å²) in [6.45, 7) is 2.31. The number of rotatable bonds is 6. The van der Waals surface area contributed by atoms with Crippen LogP contribution in [0.1, 0.15) is 45.0 Å². The Morgan fingerprint density at radius 2 is 1.76 bits per heavy atom. The average Bonchev–Trinajstić information content (AvgIpc) is 3.65. The highest BCUT2D eigenvalue weighted by molar-refractivity contribution is 6.30. The molecule has 1 fully saturated rings. The van der Waals surface area contributed by atoms with Gasteiger partial charge in [0.1, 0.15) is 0 Å². The lowest BCUT2D eigenvalue weighted by molar-refractivity contribution is -0.117. The Hall–Kier alpha value is -3.15. The van der Waals surface area contributed by atoms with Crippen LogP contribution in [0.5, 0.6) is 0 Å². The Balaban J connectivity index is 1.14. The normalized spacial score (nSPS) is 18.8. The van der Waals surface area contributed by atoms with Gasteiger partial charge in [-0.3, -0.25) is 9.59 Å². The molecule has 0 spiro atoms. The molecular formula is C27H26ClN3O2. The van der Waals surface area contributed by atoms with Gasteiger partial charge < -0.3 is 16.0 Å². The van der Waals surface area contributed by atoms with Gasteiger partial charge in [0.2, 0.25) is 5.91 Å². The van der Waals surface area contributed by atoms with Gasteiger partial charge in [-0.2, -0.15) is 0 Å². The van der Waals surface area contributed by atoms with Crippen LogP contribution in [0.15, 0.2) is 66.7 Å². The summed E-state index contributed by atoms with van der Waals surface area (Å²) in [7, 11) is 0. The quantitative estimate of drug-likeness (QED) is 0.502. The van der Waals surface area contributed by atoms with Gasteiger partial charge >= 0.3 is 0 Å². The van der Waals surface area contributed by atoms with Crippen LogP contribution in [0.4, 0.5) is 5.69 Å². The Labute approximate surface area is 198 Å². The Morgan fingerprint density at radius 3 is 2.55 bits per heavy atom. The number of fused-ring (bicyclic) bond motifs is 1. The number of halogens is 1. The smallest absolute Gasteiger partial charge is 0.251 e. The molecule has 1 aliphatic carbocycles. The summed E-state index contributed by atoms with van der Waals surface area (Å²) in [6.07, 6.45) is 1.83. The molecule has 5 nitrogen and oxygen atoms in total. The highest BCUT2D eigenvalue weighted by Crippen LogP contribution is 2.48. The minimum atomic E-state index is -0.121. The van der Waals surface area contributed by atoms with Gasteiger partial charge in [-0.05, 0) is 84.0 Å². The van der Waals surface area contributed by atoms with Crippen LogP contribution >= 0.6 is 11.6 Å². The van der Waals surface area contributed by atoms with E-state index in [1.165, 1.54) is 11.1 Å². The van der Waals surface area contributed by atoms with Crippen molar-refractivity contribution in [1.82, 2.24) is 10.6 Å². The topological polar surface area (TPSA) is 70.2 Å². The van der Waals surface area contributed by atoms with Gasteiger partial charge in [-0.25, -0.2) is 0 Å². The minimum Gasteiger partial charge on any atom is -0.348 e. The third-order valence-electron chi connectivity index (χ3n) is 6.45. The molecule has 33 heavy (non-hydrogen) atoms. The first-order valence-corrected chi connectivity index (χ1v) is 11.7. The summed E-state index contributed by atoms with van der Waals surface area (Å²) in [5, 5.41) is 10.0. The van der Waals surface area contributed by atoms with E-state index in [4.69, 9.17) is 11.6 Å². The van der Waals surface area contributed by atoms with Crippen LogP contribution in [0.25, 0.3) is 0 Å². The summed E-state index contributed by atoms with van der Waals surface area (Å²) in [4.78, 5) is 25.2. The van der Waals surface area contributed by atoms with Crippen molar-refractivity contribution < 1.29 is 9.59 Å². The monoisotopic (exact) mass is 459 g/mol. The third-order valence-corrected chi connectivity index (χ3v) is 6.71. The highest BCUT2D eigenvalue weighted by atomic mass is 35.5. The molecule has 0 aromatic heterocycles. The van der Waals surface area contributed by atoms with E-state index in [9.17, 15) is 9.59 Å². The van der Waals surface area contributed by atoms with Crippen molar-refractivity contribution in [1.29, 1.82) is 0 Å². The zero-order valence-corrected chi connectivity index (χ0v) is 19.0. The SMILES string of the molecule is O=C(NCc1ccc(Cl)cc1)c1ccc(C2CC2C(=O)Nc2ccc3c(c2)CCNC3)cc1. The van der Waals surface area contributed by atoms with Gasteiger partial charge in [0, 0.05) is 35.3 Å². The molecule has 2 aliphatic rings. The zero-order valence-electron chi connectivity index (χ0n) is 18.2. The molecule has 6 heteroatoms. The Morgan fingerprint density at radius 1 is 0.970 bits per heavy atom. The third kappa shape index (κ3) is 5.10. The Kier molecular flexibility index (Phi) is 6.16. The molecule has 3 aromatic rings. The second kappa shape index (κ2) is 9.38. The van der Waals surface area contributed by atoms with Crippen LogP contribution in [0.3, 0.4) is 0 Å². The van der Waals surface area contributed by atoms with Crippen molar-refractivity contribution in [3.8, 4) is 0 Å². The maximum atomic E-state index is 12.7. The van der Waals surface area contributed by atoms with E-state index in [0.717, 1.165) is 42.7 Å². The van der Waals surface area contributed by atoms with Crippen LogP contribution < -0.4 is 16.0 Å². The fourth-order valence-electron chi connectivity index (χ4n) is 4.41. The summed E-state index contributed by atoms with van der Waals surface area (Å²) in [6, 6.07) is 21.2. The molecule has 0 saturated heterocycles. The molecule has 3 N–H and O–H groups in total. The predicted octanol–water partition coefficient (Wildman–Crippen LogP) is 4.66. The van der Waals surface area contributed by atoms with E-state index in [1.807, 2.05) is 54.6 Å². The van der Waals surface area contributed by atoms with Gasteiger partial charge in [0.25, 0.3) is 5.91 Å². The second-order valence-electron chi connectivity index (χ2n) is 8.78. The van der Waals surface area contributed by atoms with E-state index in [1.54, 1.807) is 0 Å². The summed E-state index contributed by atoms with van der Waals surface area (Å²) >= 11 is 5.90. The van der Waals surface area contributed by atoms with E-state index in [-0.39, 0.29) is 23.7 Å². The molecule has 2 atom stereocenters. The molecule has 2 unspecified atom stereocenters. The summed E-state index contributed by atoms with van der Waals surface area (Å²) < 4.78 is 0. The van der Waals surface area contributed by atoms with Crippen LogP contribution in [0.2, 0.25) is 5.02 Å². The number of nitrogens with one attached hydrogen (secondary N) is 3. The van der Waals surface area contributed by atoms with Gasteiger partial charge in [-0.15, -0.1) is 0 Å². The number of hydrogen-bond acceptors (Lipinski definition) is 3. The van der Waals surface area contributed by atoms with E-state index in [0.29, 0.717) is 17.1 Å². The van der Waals surface area contributed by atoms with Crippen molar-refractivity contribution in [2.24, 2.45) is 5.92 Å². The lowest BCUT2D eigenvalue weighted by Crippen LogP contribution is -2.24. The molecule has 168 valence electrons. The first kappa shape index (κ1) is 21.7. The lowest BCUT2D eigenvalue weighted by atomic mass is 10.0. The maximum Gasteiger partial charge on any atom is 0.251 e. The first-order valence-electron chi connectivity index (χ1n) is 11.3. The summed E-state index contributed by atoms with van der Waals surface area (Å²) in [5.74, 6) is 0.133. The largest absolute Gasteiger partial charge is 0.348 e. The fraction of sp³-hybridized carbons (Fsp3) is 0.259. The second-order valence-corrected chi connectivity index (χ2v) is 9.22. The zero-order chi connectivity index (χ0) is 22.8. The van der Waals surface area contributed by atoms with Crippen molar-refractivity contribution in [3.63, 3.8) is 0 Å². The highest BCUT2D eigenvalue weighted by Gasteiger charge is 2.44. The maximum absolute atomic E-state index is 12.7. The van der Waals surface area contributed by atoms with Crippen molar-refractivity contribution in [2.75, 3.05) is 11.9 Å². The number of anilines is 1. The molecule has 3 aromatic carbocycles. The average molecular weight is 460 g/mol. The minimum absolute atomic E-state index is 0.0210. The van der Waals surface area contributed by atoms with Crippen LogP contribution in [-0.2, 0) is 24.3 Å². The van der Waals surface area contributed by atoms with Crippen molar-refractivity contribution in [3.05, 3.63) is 99.6 Å². The van der Waals surface area contributed by atoms with Crippen LogP contribution in [0, 0.1) is 5.92 Å². The Bertz CT molecular complexity index is 1170. The van der Waals surface area contributed by atoms with Gasteiger partial charge in [0.15, 0.2) is 0 Å². The molecule has 0 radical (unpaired) electrons. The molecule has 0 bridgehead atoms. The number of hydrogen-bond donors (Lipinski definition) is 3. The van der Waals surface area contributed by atoms with E-state index in [2.05, 4.69) is 28.1 Å². The molecule has 5 rings (SSSR count). The van der Waals surface area contributed by atoms with Gasteiger partial charge in [0.05, 0.1) is 0 Å². The number of amides is 2. The van der Waals surface area contributed by atoms with E-state index < -0.39 is 0 Å². The van der Waals surface area contributed by atoms with E-state index >= 15 is 0 Å². The van der Waals surface area contributed by atoms with Crippen molar-refractivity contribution in [2.45, 2.75) is 31.8 Å². The summed E-state index contributed by atoms with van der Waals surface area (Å²) in [5.41, 5.74) is 6.19. The molecule has 1 saturated carbocycles. The molecule has 2 amide bonds. The van der Waals surface area contributed by atoms with Gasteiger partial charge in [-0.1, -0.05) is 41.9 Å². The number of carbonyl (C=O) groups is 2. The lowest BCUT2D eigenvalue weighted by Gasteiger charge is -2.18. The standard InChI is InChI=1S/C27H26ClN3O2/c28-22-8-1-17(2-9-22)15-30-26(32)19-5-3-18(4-6-19)24-14-25(24)27(33)31-23-10-7-21-16-29-12-11-20(21)13-23/h1-10,13,24-25,29H,11-12,14-16H2,(H,30,32)(H,31,33).